The van der Waals surface area contributed by atoms with Gasteiger partial charge in [-0.3, -0.25) is 9.59 Å². The number of benzene rings is 2. The Labute approximate surface area is 159 Å². The number of rotatable bonds is 6. The number of carbonyl (C=O) groups is 2. The van der Waals surface area contributed by atoms with Crippen LogP contribution in [0, 0.1) is 0 Å². The molecule has 1 atom stereocenters. The molecule has 3 rings (SSSR count). The van der Waals surface area contributed by atoms with E-state index in [-0.39, 0.29) is 17.8 Å². The second kappa shape index (κ2) is 8.08. The SMILES string of the molecule is CCOc1cc2c(cc1/C=C/C(=O)Nc1cccc(C(C)=O)c1)O[C@H](C)C2. The first-order valence-corrected chi connectivity index (χ1v) is 9.02. The molecule has 5 heteroatoms. The van der Waals surface area contributed by atoms with Crippen molar-refractivity contribution in [1.82, 2.24) is 0 Å². The van der Waals surface area contributed by atoms with Crippen molar-refractivity contribution in [1.29, 1.82) is 0 Å². The highest BCUT2D eigenvalue weighted by atomic mass is 16.5. The molecule has 0 unspecified atom stereocenters. The third-order valence-corrected chi connectivity index (χ3v) is 4.28. The third kappa shape index (κ3) is 4.56. The normalized spacial score (nSPS) is 15.3. The fourth-order valence-corrected chi connectivity index (χ4v) is 3.03. The van der Waals surface area contributed by atoms with Crippen LogP contribution in [0.2, 0.25) is 0 Å². The largest absolute Gasteiger partial charge is 0.493 e. The standard InChI is InChI=1S/C22H23NO4/c1-4-26-20-13-18-10-14(2)27-21(18)12-17(20)8-9-22(25)23-19-7-5-6-16(11-19)15(3)24/h5-9,11-14H,4,10H2,1-3H3,(H,23,25)/b9-8+/t14-/m1/s1. The lowest BCUT2D eigenvalue weighted by Gasteiger charge is -2.10. The lowest BCUT2D eigenvalue weighted by atomic mass is 10.1. The number of carbonyl (C=O) groups excluding carboxylic acids is 2. The van der Waals surface area contributed by atoms with Crippen LogP contribution >= 0.6 is 0 Å². The van der Waals surface area contributed by atoms with E-state index in [0.29, 0.717) is 17.9 Å². The number of Topliss-reactive ketones (excluding diaryl/α,β-unsaturated/α-hetero) is 1. The van der Waals surface area contributed by atoms with Gasteiger partial charge >= 0.3 is 0 Å². The van der Waals surface area contributed by atoms with Crippen LogP contribution in [-0.4, -0.2) is 24.4 Å². The van der Waals surface area contributed by atoms with E-state index in [1.165, 1.54) is 13.0 Å². The van der Waals surface area contributed by atoms with E-state index in [2.05, 4.69) is 5.32 Å². The molecule has 0 radical (unpaired) electrons. The Morgan fingerprint density at radius 1 is 1.30 bits per heavy atom. The number of amides is 1. The van der Waals surface area contributed by atoms with Gasteiger partial charge in [0.05, 0.1) is 6.61 Å². The first kappa shape index (κ1) is 18.7. The molecule has 0 aliphatic carbocycles. The monoisotopic (exact) mass is 365 g/mol. The lowest BCUT2D eigenvalue weighted by Crippen LogP contribution is -2.08. The number of ether oxygens (including phenoxy) is 2. The predicted octanol–water partition coefficient (Wildman–Crippen LogP) is 4.26. The van der Waals surface area contributed by atoms with E-state index in [1.807, 2.05) is 26.0 Å². The van der Waals surface area contributed by atoms with Gasteiger partial charge in [0.25, 0.3) is 0 Å². The fraction of sp³-hybridized carbons (Fsp3) is 0.273. The Morgan fingerprint density at radius 2 is 2.11 bits per heavy atom. The summed E-state index contributed by atoms with van der Waals surface area (Å²) in [4.78, 5) is 23.7. The van der Waals surface area contributed by atoms with Gasteiger partial charge < -0.3 is 14.8 Å². The maximum atomic E-state index is 12.3. The van der Waals surface area contributed by atoms with Crippen LogP contribution in [0.3, 0.4) is 0 Å². The zero-order chi connectivity index (χ0) is 19.4. The molecule has 0 saturated heterocycles. The summed E-state index contributed by atoms with van der Waals surface area (Å²) in [7, 11) is 0. The van der Waals surface area contributed by atoms with E-state index < -0.39 is 0 Å². The van der Waals surface area contributed by atoms with E-state index >= 15 is 0 Å². The van der Waals surface area contributed by atoms with Crippen LogP contribution in [0.5, 0.6) is 11.5 Å². The summed E-state index contributed by atoms with van der Waals surface area (Å²) in [5.41, 5.74) is 3.04. The number of hydrogen-bond acceptors (Lipinski definition) is 4. The quantitative estimate of drug-likeness (QED) is 0.613. The van der Waals surface area contributed by atoms with Crippen molar-refractivity contribution < 1.29 is 19.1 Å². The van der Waals surface area contributed by atoms with Crippen molar-refractivity contribution in [3.8, 4) is 11.5 Å². The Morgan fingerprint density at radius 3 is 2.85 bits per heavy atom. The molecule has 1 aliphatic rings. The molecule has 2 aromatic rings. The van der Waals surface area contributed by atoms with Crippen LogP contribution in [-0.2, 0) is 11.2 Å². The molecule has 1 amide bonds. The number of fused-ring (bicyclic) bond motifs is 1. The fourth-order valence-electron chi connectivity index (χ4n) is 3.03. The third-order valence-electron chi connectivity index (χ3n) is 4.28. The summed E-state index contributed by atoms with van der Waals surface area (Å²) >= 11 is 0. The molecule has 0 fully saturated rings. The number of ketones is 1. The molecule has 1 heterocycles. The van der Waals surface area contributed by atoms with Gasteiger partial charge in [-0.05, 0) is 51.1 Å². The second-order valence-electron chi connectivity index (χ2n) is 6.52. The molecule has 5 nitrogen and oxygen atoms in total. The Balaban J connectivity index is 1.77. The summed E-state index contributed by atoms with van der Waals surface area (Å²) in [6, 6.07) is 10.7. The smallest absolute Gasteiger partial charge is 0.248 e. The zero-order valence-electron chi connectivity index (χ0n) is 15.7. The lowest BCUT2D eigenvalue weighted by molar-refractivity contribution is -0.111. The van der Waals surface area contributed by atoms with Crippen molar-refractivity contribution in [2.45, 2.75) is 33.3 Å². The average molecular weight is 365 g/mol. The first-order valence-electron chi connectivity index (χ1n) is 9.02. The summed E-state index contributed by atoms with van der Waals surface area (Å²) in [6.45, 7) is 5.99. The highest BCUT2D eigenvalue weighted by Crippen LogP contribution is 2.35. The van der Waals surface area contributed by atoms with Gasteiger partial charge in [0.15, 0.2) is 5.78 Å². The molecule has 0 aromatic heterocycles. The van der Waals surface area contributed by atoms with Crippen molar-refractivity contribution >= 4 is 23.5 Å². The van der Waals surface area contributed by atoms with Crippen LogP contribution in [0.1, 0.15) is 42.3 Å². The van der Waals surface area contributed by atoms with E-state index in [1.54, 1.807) is 30.3 Å². The zero-order valence-corrected chi connectivity index (χ0v) is 15.7. The maximum absolute atomic E-state index is 12.3. The minimum atomic E-state index is -0.284. The number of anilines is 1. The highest BCUT2D eigenvalue weighted by Gasteiger charge is 2.21. The Bertz CT molecular complexity index is 901. The molecule has 2 aromatic carbocycles. The molecule has 0 saturated carbocycles. The summed E-state index contributed by atoms with van der Waals surface area (Å²) in [5, 5.41) is 2.77. The van der Waals surface area contributed by atoms with Crippen molar-refractivity contribution in [2.75, 3.05) is 11.9 Å². The van der Waals surface area contributed by atoms with E-state index in [0.717, 1.165) is 29.0 Å². The van der Waals surface area contributed by atoms with Crippen molar-refractivity contribution in [3.63, 3.8) is 0 Å². The van der Waals surface area contributed by atoms with Crippen LogP contribution in [0.25, 0.3) is 6.08 Å². The van der Waals surface area contributed by atoms with Gasteiger partial charge in [-0.2, -0.15) is 0 Å². The second-order valence-corrected chi connectivity index (χ2v) is 6.52. The van der Waals surface area contributed by atoms with E-state index in [9.17, 15) is 9.59 Å². The minimum Gasteiger partial charge on any atom is -0.493 e. The average Bonchev–Trinajstić information content (AvgIpc) is 2.99. The molecule has 0 spiro atoms. The summed E-state index contributed by atoms with van der Waals surface area (Å²) in [5.74, 6) is 1.24. The van der Waals surface area contributed by atoms with Crippen LogP contribution < -0.4 is 14.8 Å². The minimum absolute atomic E-state index is 0.0460. The predicted molar refractivity (Wildman–Crippen MR) is 106 cm³/mol. The topological polar surface area (TPSA) is 64.6 Å². The molecule has 27 heavy (non-hydrogen) atoms. The first-order chi connectivity index (χ1) is 13.0. The highest BCUT2D eigenvalue weighted by molar-refractivity contribution is 6.03. The van der Waals surface area contributed by atoms with Crippen LogP contribution in [0.4, 0.5) is 5.69 Å². The van der Waals surface area contributed by atoms with Gasteiger partial charge in [0, 0.05) is 34.9 Å². The summed E-state index contributed by atoms with van der Waals surface area (Å²) < 4.78 is 11.5. The maximum Gasteiger partial charge on any atom is 0.248 e. The van der Waals surface area contributed by atoms with Gasteiger partial charge in [0.1, 0.15) is 17.6 Å². The molecule has 1 aliphatic heterocycles. The Hall–Kier alpha value is -3.08. The Kier molecular flexibility index (Phi) is 5.60. The molecular weight excluding hydrogens is 342 g/mol. The van der Waals surface area contributed by atoms with Gasteiger partial charge in [-0.15, -0.1) is 0 Å². The van der Waals surface area contributed by atoms with Gasteiger partial charge in [-0.25, -0.2) is 0 Å². The van der Waals surface area contributed by atoms with Crippen LogP contribution in [0.15, 0.2) is 42.5 Å². The molecule has 0 bridgehead atoms. The number of nitrogens with one attached hydrogen (secondary N) is 1. The number of hydrogen-bond donors (Lipinski definition) is 1. The van der Waals surface area contributed by atoms with Crippen molar-refractivity contribution in [3.05, 3.63) is 59.2 Å². The van der Waals surface area contributed by atoms with Gasteiger partial charge in [0.2, 0.25) is 5.91 Å². The summed E-state index contributed by atoms with van der Waals surface area (Å²) in [6.07, 6.45) is 4.16. The van der Waals surface area contributed by atoms with Crippen molar-refractivity contribution in [2.24, 2.45) is 0 Å². The molecular formula is C22H23NO4. The van der Waals surface area contributed by atoms with Gasteiger partial charge in [-0.1, -0.05) is 12.1 Å². The molecule has 1 N–H and O–H groups in total. The van der Waals surface area contributed by atoms with E-state index in [4.69, 9.17) is 9.47 Å². The molecule has 140 valence electrons.